The number of aliphatic hydroxyl groups is 1. The first kappa shape index (κ1) is 16.3. The van der Waals surface area contributed by atoms with Crippen molar-refractivity contribution in [2.24, 2.45) is 0 Å². The summed E-state index contributed by atoms with van der Waals surface area (Å²) in [5.74, 6) is 0.382. The van der Waals surface area contributed by atoms with Crippen molar-refractivity contribution in [1.82, 2.24) is 4.98 Å². The molecule has 0 aliphatic carbocycles. The van der Waals surface area contributed by atoms with Gasteiger partial charge in [-0.2, -0.15) is 18.4 Å². The van der Waals surface area contributed by atoms with Gasteiger partial charge in [-0.3, -0.25) is 0 Å². The summed E-state index contributed by atoms with van der Waals surface area (Å²) < 4.78 is 39.9. The van der Waals surface area contributed by atoms with Gasteiger partial charge in [-0.05, 0) is 30.2 Å². The van der Waals surface area contributed by atoms with Crippen LogP contribution in [0.5, 0.6) is 0 Å². The van der Waals surface area contributed by atoms with Crippen LogP contribution in [0.4, 0.5) is 19.0 Å². The van der Waals surface area contributed by atoms with Crippen molar-refractivity contribution in [2.75, 3.05) is 11.4 Å². The van der Waals surface area contributed by atoms with Crippen LogP contribution < -0.4 is 4.90 Å². The molecule has 4 nitrogen and oxygen atoms in total. The first-order valence-corrected chi connectivity index (χ1v) is 7.37. The Morgan fingerprint density at radius 2 is 2.00 bits per heavy atom. The third kappa shape index (κ3) is 3.05. The number of hydrogen-bond donors (Lipinski definition) is 1. The minimum Gasteiger partial charge on any atom is -0.391 e. The quantitative estimate of drug-likeness (QED) is 0.916. The summed E-state index contributed by atoms with van der Waals surface area (Å²) >= 11 is 0. The van der Waals surface area contributed by atoms with Crippen LogP contribution in [0.1, 0.15) is 29.2 Å². The molecule has 3 rings (SSSR count). The maximum absolute atomic E-state index is 13.3. The third-order valence-electron chi connectivity index (χ3n) is 4.07. The van der Waals surface area contributed by atoms with Crippen LogP contribution in [0.2, 0.25) is 0 Å². The molecule has 1 saturated heterocycles. The van der Waals surface area contributed by atoms with Crippen LogP contribution in [0.15, 0.2) is 42.6 Å². The van der Waals surface area contributed by atoms with E-state index in [-0.39, 0.29) is 18.5 Å². The van der Waals surface area contributed by atoms with Gasteiger partial charge >= 0.3 is 6.18 Å². The first-order valence-electron chi connectivity index (χ1n) is 7.37. The first-order chi connectivity index (χ1) is 11.4. The standard InChI is InChI=1S/C17H14F3N3O/c18-17(19,20)14-4-2-1-3-13(14)15-8-12(24)10-23(15)16-7-11(9-21)5-6-22-16/h1-7,12,15,24H,8,10H2/t12-,15-/m1/s1. The number of β-amino-alcohol motifs (C(OH)–C–C–N with tert-alkyl or cyclic N) is 1. The molecule has 0 saturated carbocycles. The number of aliphatic hydroxyl groups excluding tert-OH is 1. The average molecular weight is 333 g/mol. The second-order valence-corrected chi connectivity index (χ2v) is 5.66. The lowest BCUT2D eigenvalue weighted by atomic mass is 9.97. The van der Waals surface area contributed by atoms with E-state index in [4.69, 9.17) is 5.26 Å². The Hall–Kier alpha value is -2.59. The topological polar surface area (TPSA) is 60.2 Å². The number of halogens is 3. The van der Waals surface area contributed by atoms with Gasteiger partial charge in [0.2, 0.25) is 0 Å². The van der Waals surface area contributed by atoms with E-state index in [0.717, 1.165) is 6.07 Å². The maximum atomic E-state index is 13.3. The van der Waals surface area contributed by atoms with E-state index >= 15 is 0 Å². The molecule has 0 radical (unpaired) electrons. The molecule has 1 aliphatic rings. The Balaban J connectivity index is 2.05. The number of aromatic nitrogens is 1. The normalized spacial score (nSPS) is 20.9. The summed E-state index contributed by atoms with van der Waals surface area (Å²) in [7, 11) is 0. The molecule has 2 heterocycles. The lowest BCUT2D eigenvalue weighted by Crippen LogP contribution is -2.26. The van der Waals surface area contributed by atoms with E-state index in [1.165, 1.54) is 30.5 Å². The maximum Gasteiger partial charge on any atom is 0.416 e. The van der Waals surface area contributed by atoms with Crippen LogP contribution >= 0.6 is 0 Å². The molecule has 0 spiro atoms. The van der Waals surface area contributed by atoms with E-state index in [2.05, 4.69) is 4.98 Å². The zero-order valence-electron chi connectivity index (χ0n) is 12.5. The van der Waals surface area contributed by atoms with Gasteiger partial charge in [-0.15, -0.1) is 0 Å². The van der Waals surface area contributed by atoms with Gasteiger partial charge in [-0.25, -0.2) is 4.98 Å². The van der Waals surface area contributed by atoms with Gasteiger partial charge in [0.15, 0.2) is 0 Å². The van der Waals surface area contributed by atoms with Crippen LogP contribution in [-0.4, -0.2) is 22.7 Å². The lowest BCUT2D eigenvalue weighted by Gasteiger charge is -2.28. The van der Waals surface area contributed by atoms with Crippen molar-refractivity contribution in [3.8, 4) is 6.07 Å². The molecule has 1 N–H and O–H groups in total. The van der Waals surface area contributed by atoms with Gasteiger partial charge in [0.25, 0.3) is 0 Å². The van der Waals surface area contributed by atoms with Crippen molar-refractivity contribution in [3.63, 3.8) is 0 Å². The smallest absolute Gasteiger partial charge is 0.391 e. The van der Waals surface area contributed by atoms with Crippen LogP contribution in [-0.2, 0) is 6.18 Å². The van der Waals surface area contributed by atoms with Crippen molar-refractivity contribution in [2.45, 2.75) is 24.7 Å². The monoisotopic (exact) mass is 333 g/mol. The number of nitrogens with zero attached hydrogens (tertiary/aromatic N) is 3. The number of benzene rings is 1. The molecule has 1 fully saturated rings. The molecule has 2 atom stereocenters. The summed E-state index contributed by atoms with van der Waals surface area (Å²) in [6, 6.07) is 9.72. The van der Waals surface area contributed by atoms with Crippen molar-refractivity contribution < 1.29 is 18.3 Å². The van der Waals surface area contributed by atoms with Gasteiger partial charge in [-0.1, -0.05) is 18.2 Å². The second-order valence-electron chi connectivity index (χ2n) is 5.66. The summed E-state index contributed by atoms with van der Waals surface area (Å²) in [4.78, 5) is 5.77. The Morgan fingerprint density at radius 3 is 2.71 bits per heavy atom. The molecule has 0 bridgehead atoms. The Labute approximate surface area is 136 Å². The zero-order chi connectivity index (χ0) is 17.3. The van der Waals surface area contributed by atoms with Gasteiger partial charge in [0, 0.05) is 12.7 Å². The summed E-state index contributed by atoms with van der Waals surface area (Å²) in [6.07, 6.45) is -3.63. The molecule has 24 heavy (non-hydrogen) atoms. The second kappa shape index (κ2) is 6.13. The average Bonchev–Trinajstić information content (AvgIpc) is 2.96. The lowest BCUT2D eigenvalue weighted by molar-refractivity contribution is -0.138. The Bertz CT molecular complexity index is 785. The fourth-order valence-corrected chi connectivity index (χ4v) is 3.05. The van der Waals surface area contributed by atoms with Crippen molar-refractivity contribution in [3.05, 3.63) is 59.3 Å². The number of alkyl halides is 3. The molecule has 124 valence electrons. The zero-order valence-corrected chi connectivity index (χ0v) is 12.5. The van der Waals surface area contributed by atoms with Gasteiger partial charge < -0.3 is 10.0 Å². The van der Waals surface area contributed by atoms with Gasteiger partial charge in [0.05, 0.1) is 29.3 Å². The number of rotatable bonds is 2. The van der Waals surface area contributed by atoms with Gasteiger partial charge in [0.1, 0.15) is 5.82 Å². The molecular formula is C17H14F3N3O. The minimum atomic E-state index is -4.47. The van der Waals surface area contributed by atoms with E-state index in [9.17, 15) is 18.3 Å². The highest BCUT2D eigenvalue weighted by atomic mass is 19.4. The molecular weight excluding hydrogens is 319 g/mol. The molecule has 1 aromatic heterocycles. The third-order valence-corrected chi connectivity index (χ3v) is 4.07. The summed E-state index contributed by atoms with van der Waals surface area (Å²) in [6.45, 7) is 0.165. The highest BCUT2D eigenvalue weighted by Gasteiger charge is 2.40. The summed E-state index contributed by atoms with van der Waals surface area (Å²) in [5, 5.41) is 19.0. The number of pyridine rings is 1. The predicted molar refractivity (Wildman–Crippen MR) is 81.1 cm³/mol. The molecule has 0 amide bonds. The van der Waals surface area contributed by atoms with E-state index in [1.807, 2.05) is 6.07 Å². The highest BCUT2D eigenvalue weighted by molar-refractivity contribution is 5.50. The molecule has 2 aromatic rings. The van der Waals surface area contributed by atoms with Crippen LogP contribution in [0.25, 0.3) is 0 Å². The Kier molecular flexibility index (Phi) is 4.16. The van der Waals surface area contributed by atoms with E-state index < -0.39 is 23.9 Å². The molecule has 0 unspecified atom stereocenters. The summed E-state index contributed by atoms with van der Waals surface area (Å²) in [5.41, 5.74) is -0.250. The number of nitriles is 1. The number of hydrogen-bond acceptors (Lipinski definition) is 4. The predicted octanol–water partition coefficient (Wildman–Crippen LogP) is 3.28. The minimum absolute atomic E-state index is 0.103. The molecule has 1 aliphatic heterocycles. The van der Waals surface area contributed by atoms with Crippen LogP contribution in [0.3, 0.4) is 0 Å². The van der Waals surface area contributed by atoms with Crippen LogP contribution in [0, 0.1) is 11.3 Å². The van der Waals surface area contributed by atoms with Crippen molar-refractivity contribution in [1.29, 1.82) is 5.26 Å². The highest BCUT2D eigenvalue weighted by Crippen LogP contribution is 2.41. The number of anilines is 1. The van der Waals surface area contributed by atoms with E-state index in [1.54, 1.807) is 11.0 Å². The molecule has 7 heteroatoms. The van der Waals surface area contributed by atoms with E-state index in [0.29, 0.717) is 11.4 Å². The SMILES string of the molecule is N#Cc1ccnc(N2C[C@H](O)C[C@@H]2c2ccccc2C(F)(F)F)c1. The van der Waals surface area contributed by atoms with Crippen molar-refractivity contribution >= 4 is 5.82 Å². The fourth-order valence-electron chi connectivity index (χ4n) is 3.05. The fraction of sp³-hybridized carbons (Fsp3) is 0.294. The molecule has 1 aromatic carbocycles. The largest absolute Gasteiger partial charge is 0.416 e. The Morgan fingerprint density at radius 1 is 1.25 bits per heavy atom.